The van der Waals surface area contributed by atoms with Gasteiger partial charge in [-0.05, 0) is 5.56 Å². The molecule has 2 saturated heterocycles. The van der Waals surface area contributed by atoms with Gasteiger partial charge in [-0.1, -0.05) is 60.7 Å². The van der Waals surface area contributed by atoms with Gasteiger partial charge in [0.1, 0.15) is 24.4 Å². The zero-order chi connectivity index (χ0) is 17.2. The van der Waals surface area contributed by atoms with Crippen molar-refractivity contribution in [1.29, 1.82) is 0 Å². The number of hydrogen-bond acceptors (Lipinski definition) is 5. The maximum atomic E-state index is 10.6. The highest BCUT2D eigenvalue weighted by atomic mass is 16.7. The van der Waals surface area contributed by atoms with E-state index in [4.69, 9.17) is 14.2 Å². The summed E-state index contributed by atoms with van der Waals surface area (Å²) in [4.78, 5) is 0. The highest BCUT2D eigenvalue weighted by Gasteiger charge is 2.48. The Morgan fingerprint density at radius 2 is 1.52 bits per heavy atom. The molecule has 0 radical (unpaired) electrons. The summed E-state index contributed by atoms with van der Waals surface area (Å²) in [5.41, 5.74) is 1.94. The van der Waals surface area contributed by atoms with Crippen LogP contribution in [-0.4, -0.2) is 47.3 Å². The molecule has 0 aliphatic carbocycles. The van der Waals surface area contributed by atoms with Gasteiger partial charge in [0.15, 0.2) is 6.29 Å². The summed E-state index contributed by atoms with van der Waals surface area (Å²) in [6, 6.07) is 19.4. The second kappa shape index (κ2) is 7.23. The average Bonchev–Trinajstić information content (AvgIpc) is 2.67. The average molecular weight is 342 g/mol. The van der Waals surface area contributed by atoms with Crippen LogP contribution < -0.4 is 0 Å². The van der Waals surface area contributed by atoms with Crippen LogP contribution >= 0.6 is 0 Å². The number of benzene rings is 2. The van der Waals surface area contributed by atoms with Crippen LogP contribution in [0.4, 0.5) is 0 Å². The fraction of sp³-hybridized carbons (Fsp3) is 0.400. The topological polar surface area (TPSA) is 68.2 Å². The standard InChI is InChI=1S/C20H22O5/c21-17-15(11-13-7-3-1-4-8-13)24-16-12-23-20(25-19(16)18(17)22)14-9-5-2-6-10-14/h1-10,15-22H,11-12H2/t15-,16+,17-,18+,19+,20+/m0/s1. The third-order valence-corrected chi connectivity index (χ3v) is 4.83. The Hall–Kier alpha value is -1.76. The SMILES string of the molecule is O[C@@H]1[C@@H](O)[C@H](Cc2ccccc2)O[C@@H]2CO[C@@H](c3ccccc3)O[C@@H]12. The molecule has 2 aromatic rings. The Labute approximate surface area is 146 Å². The molecule has 2 aliphatic rings. The number of rotatable bonds is 3. The molecule has 0 amide bonds. The molecule has 0 saturated carbocycles. The first-order valence-electron chi connectivity index (χ1n) is 8.60. The van der Waals surface area contributed by atoms with Gasteiger partial charge in [-0.2, -0.15) is 0 Å². The van der Waals surface area contributed by atoms with E-state index in [2.05, 4.69) is 0 Å². The third kappa shape index (κ3) is 3.47. The zero-order valence-corrected chi connectivity index (χ0v) is 13.8. The largest absolute Gasteiger partial charge is 0.388 e. The van der Waals surface area contributed by atoms with Crippen LogP contribution in [0.25, 0.3) is 0 Å². The van der Waals surface area contributed by atoms with Gasteiger partial charge in [-0.25, -0.2) is 0 Å². The lowest BCUT2D eigenvalue weighted by Gasteiger charge is -2.46. The van der Waals surface area contributed by atoms with Gasteiger partial charge in [0.2, 0.25) is 0 Å². The van der Waals surface area contributed by atoms with Crippen molar-refractivity contribution in [2.75, 3.05) is 6.61 Å². The van der Waals surface area contributed by atoms with Crippen molar-refractivity contribution in [3.8, 4) is 0 Å². The molecular weight excluding hydrogens is 320 g/mol. The molecule has 4 rings (SSSR count). The van der Waals surface area contributed by atoms with E-state index >= 15 is 0 Å². The minimum absolute atomic E-state index is 0.319. The molecule has 2 fully saturated rings. The molecule has 2 aromatic carbocycles. The summed E-state index contributed by atoms with van der Waals surface area (Å²) < 4.78 is 17.7. The Bertz CT molecular complexity index is 675. The molecule has 6 atom stereocenters. The normalized spacial score (nSPS) is 35.1. The summed E-state index contributed by atoms with van der Waals surface area (Å²) >= 11 is 0. The van der Waals surface area contributed by atoms with E-state index in [1.807, 2.05) is 60.7 Å². The van der Waals surface area contributed by atoms with Crippen molar-refractivity contribution in [2.24, 2.45) is 0 Å². The van der Waals surface area contributed by atoms with Crippen LogP contribution in [0.5, 0.6) is 0 Å². The number of fused-ring (bicyclic) bond motifs is 1. The minimum Gasteiger partial charge on any atom is -0.388 e. The second-order valence-electron chi connectivity index (χ2n) is 6.56. The van der Waals surface area contributed by atoms with Crippen LogP contribution in [0.1, 0.15) is 17.4 Å². The van der Waals surface area contributed by atoms with E-state index < -0.39 is 36.8 Å². The summed E-state index contributed by atoms with van der Waals surface area (Å²) in [6.45, 7) is 0.319. The summed E-state index contributed by atoms with van der Waals surface area (Å²) in [5.74, 6) is 0. The van der Waals surface area contributed by atoms with Gasteiger partial charge >= 0.3 is 0 Å². The first kappa shape index (κ1) is 16.7. The first-order chi connectivity index (χ1) is 12.2. The predicted molar refractivity (Wildman–Crippen MR) is 90.8 cm³/mol. The van der Waals surface area contributed by atoms with Crippen molar-refractivity contribution in [1.82, 2.24) is 0 Å². The van der Waals surface area contributed by atoms with Crippen molar-refractivity contribution in [3.05, 3.63) is 71.8 Å². The lowest BCUT2D eigenvalue weighted by Crippen LogP contribution is -2.62. The number of aliphatic hydroxyl groups is 2. The van der Waals surface area contributed by atoms with Gasteiger partial charge < -0.3 is 24.4 Å². The lowest BCUT2D eigenvalue weighted by atomic mass is 9.91. The van der Waals surface area contributed by atoms with E-state index in [9.17, 15) is 10.2 Å². The monoisotopic (exact) mass is 342 g/mol. The number of ether oxygens (including phenoxy) is 3. The minimum atomic E-state index is -1.01. The Balaban J connectivity index is 1.46. The van der Waals surface area contributed by atoms with E-state index in [1.54, 1.807) is 0 Å². The molecule has 2 heterocycles. The molecule has 0 aromatic heterocycles. The number of aliphatic hydroxyl groups excluding tert-OH is 2. The first-order valence-corrected chi connectivity index (χ1v) is 8.60. The molecule has 0 unspecified atom stereocenters. The molecule has 0 bridgehead atoms. The highest BCUT2D eigenvalue weighted by molar-refractivity contribution is 5.18. The maximum absolute atomic E-state index is 10.6. The van der Waals surface area contributed by atoms with E-state index in [1.165, 1.54) is 0 Å². The van der Waals surface area contributed by atoms with Gasteiger partial charge in [0, 0.05) is 12.0 Å². The lowest BCUT2D eigenvalue weighted by molar-refractivity contribution is -0.328. The number of hydrogen-bond donors (Lipinski definition) is 2. The van der Waals surface area contributed by atoms with Crippen LogP contribution in [0, 0.1) is 0 Å². The fourth-order valence-corrected chi connectivity index (χ4v) is 3.48. The third-order valence-electron chi connectivity index (χ3n) is 4.83. The molecule has 132 valence electrons. The molecule has 5 heteroatoms. The highest BCUT2D eigenvalue weighted by Crippen LogP contribution is 2.34. The quantitative estimate of drug-likeness (QED) is 0.891. The Morgan fingerprint density at radius 1 is 0.840 bits per heavy atom. The second-order valence-corrected chi connectivity index (χ2v) is 6.56. The van der Waals surface area contributed by atoms with Crippen LogP contribution in [0.3, 0.4) is 0 Å². The van der Waals surface area contributed by atoms with E-state index in [0.717, 1.165) is 11.1 Å². The van der Waals surface area contributed by atoms with Gasteiger partial charge in [0.25, 0.3) is 0 Å². The predicted octanol–water partition coefficient (Wildman–Crippen LogP) is 1.83. The zero-order valence-electron chi connectivity index (χ0n) is 13.8. The Morgan fingerprint density at radius 3 is 2.24 bits per heavy atom. The maximum Gasteiger partial charge on any atom is 0.184 e. The molecule has 0 spiro atoms. The van der Waals surface area contributed by atoms with Crippen molar-refractivity contribution in [2.45, 2.75) is 43.2 Å². The van der Waals surface area contributed by atoms with Gasteiger partial charge in [-0.3, -0.25) is 0 Å². The van der Waals surface area contributed by atoms with Crippen molar-refractivity contribution < 1.29 is 24.4 Å². The van der Waals surface area contributed by atoms with Crippen molar-refractivity contribution in [3.63, 3.8) is 0 Å². The van der Waals surface area contributed by atoms with Crippen LogP contribution in [-0.2, 0) is 20.6 Å². The smallest absolute Gasteiger partial charge is 0.184 e. The van der Waals surface area contributed by atoms with Crippen LogP contribution in [0.2, 0.25) is 0 Å². The molecule has 2 aliphatic heterocycles. The van der Waals surface area contributed by atoms with E-state index in [0.29, 0.717) is 13.0 Å². The summed E-state index contributed by atoms with van der Waals surface area (Å²) in [5, 5.41) is 21.1. The fourth-order valence-electron chi connectivity index (χ4n) is 3.48. The molecule has 25 heavy (non-hydrogen) atoms. The van der Waals surface area contributed by atoms with Gasteiger partial charge in [0.05, 0.1) is 12.7 Å². The van der Waals surface area contributed by atoms with Crippen LogP contribution in [0.15, 0.2) is 60.7 Å². The van der Waals surface area contributed by atoms with E-state index in [-0.39, 0.29) is 0 Å². The summed E-state index contributed by atoms with van der Waals surface area (Å²) in [7, 11) is 0. The molecular formula is C20H22O5. The molecule has 5 nitrogen and oxygen atoms in total. The molecule has 2 N–H and O–H groups in total. The summed E-state index contributed by atoms with van der Waals surface area (Å²) in [6.07, 6.45) is -3.53. The van der Waals surface area contributed by atoms with Gasteiger partial charge in [-0.15, -0.1) is 0 Å². The van der Waals surface area contributed by atoms with Crippen molar-refractivity contribution >= 4 is 0 Å². The Kier molecular flexibility index (Phi) is 4.83.